The molecule has 0 amide bonds. The van der Waals surface area contributed by atoms with Gasteiger partial charge in [-0.05, 0) is 58.0 Å². The van der Waals surface area contributed by atoms with Crippen LogP contribution >= 0.6 is 0 Å². The summed E-state index contributed by atoms with van der Waals surface area (Å²) >= 11 is 0. The lowest BCUT2D eigenvalue weighted by Gasteiger charge is -2.61. The van der Waals surface area contributed by atoms with Crippen LogP contribution in [-0.4, -0.2) is 54.6 Å². The molecule has 1 aromatic rings. The van der Waals surface area contributed by atoms with Gasteiger partial charge in [-0.15, -0.1) is 0 Å². The van der Waals surface area contributed by atoms with E-state index >= 15 is 0 Å². The lowest BCUT2D eigenvalue weighted by Crippen LogP contribution is -2.74. The Kier molecular flexibility index (Phi) is 3.27. The molecule has 4 atom stereocenters. The molecule has 0 unspecified atom stereocenters. The molecule has 5 nitrogen and oxygen atoms in total. The van der Waals surface area contributed by atoms with Crippen LogP contribution in [0.1, 0.15) is 37.8 Å². The molecule has 2 heterocycles. The lowest BCUT2D eigenvalue weighted by molar-refractivity contribution is -0.166. The summed E-state index contributed by atoms with van der Waals surface area (Å²) in [6.07, 6.45) is 4.13. The number of aliphatic hydroxyl groups is 1. The number of ether oxygens (including phenoxy) is 3. The number of methoxy groups -OCH3 is 1. The van der Waals surface area contributed by atoms with Crippen LogP contribution in [0.3, 0.4) is 0 Å². The quantitative estimate of drug-likeness (QED) is 0.900. The molecule has 0 radical (unpaired) electrons. The molecule has 2 bridgehead atoms. The average Bonchev–Trinajstić information content (AvgIpc) is 2.95. The predicted molar refractivity (Wildman–Crippen MR) is 97.7 cm³/mol. The Balaban J connectivity index is 1.78. The molecule has 4 aliphatic rings. The molecule has 1 aromatic carbocycles. The molecule has 1 N–H and O–H groups in total. The summed E-state index contributed by atoms with van der Waals surface area (Å²) in [7, 11) is 3.80. The second-order valence-electron chi connectivity index (χ2n) is 8.45. The summed E-state index contributed by atoms with van der Waals surface area (Å²) in [5, 5.41) is 12.0. The highest BCUT2D eigenvalue weighted by atomic mass is 16.6. The molecule has 0 saturated carbocycles. The number of rotatable bonds is 3. The maximum absolute atomic E-state index is 12.0. The van der Waals surface area contributed by atoms with Gasteiger partial charge in [0.15, 0.2) is 17.6 Å². The first-order valence-corrected chi connectivity index (χ1v) is 9.58. The van der Waals surface area contributed by atoms with E-state index in [9.17, 15) is 5.11 Å². The molecule has 5 rings (SSSR count). The minimum atomic E-state index is -0.848. The molecule has 2 aliphatic heterocycles. The van der Waals surface area contributed by atoms with Gasteiger partial charge in [-0.25, -0.2) is 0 Å². The Morgan fingerprint density at radius 1 is 1.35 bits per heavy atom. The second kappa shape index (κ2) is 5.17. The van der Waals surface area contributed by atoms with Crippen LogP contribution in [0.2, 0.25) is 0 Å². The normalized spacial score (nSPS) is 37.1. The van der Waals surface area contributed by atoms with E-state index in [-0.39, 0.29) is 18.2 Å². The number of likely N-dealkylation sites (tertiary alicyclic amines) is 1. The van der Waals surface area contributed by atoms with Crippen LogP contribution in [-0.2, 0) is 16.6 Å². The van der Waals surface area contributed by atoms with Crippen molar-refractivity contribution in [1.29, 1.82) is 0 Å². The Morgan fingerprint density at radius 3 is 2.88 bits per heavy atom. The van der Waals surface area contributed by atoms with E-state index in [0.29, 0.717) is 6.42 Å². The van der Waals surface area contributed by atoms with Crippen molar-refractivity contribution in [2.75, 3.05) is 20.7 Å². The minimum absolute atomic E-state index is 0.0724. The van der Waals surface area contributed by atoms with Crippen LogP contribution in [0.25, 0.3) is 0 Å². The SMILES string of the molecule is COc1ccc2c3c1O[C@H]1C(OC(C)C)=CC[C@@]4(O)[C@@H](C2)N(C)CC[C@]314. The average molecular weight is 357 g/mol. The lowest BCUT2D eigenvalue weighted by atomic mass is 9.50. The monoisotopic (exact) mass is 357 g/mol. The maximum atomic E-state index is 12.0. The number of hydrogen-bond donors (Lipinski definition) is 1. The molecule has 0 aromatic heterocycles. The van der Waals surface area contributed by atoms with Gasteiger partial charge < -0.3 is 24.2 Å². The van der Waals surface area contributed by atoms with E-state index in [2.05, 4.69) is 24.1 Å². The third-order valence-electron chi connectivity index (χ3n) is 6.93. The van der Waals surface area contributed by atoms with Crippen molar-refractivity contribution in [3.8, 4) is 11.5 Å². The summed E-state index contributed by atoms with van der Waals surface area (Å²) in [4.78, 5) is 2.32. The first kappa shape index (κ1) is 16.5. The van der Waals surface area contributed by atoms with E-state index in [1.165, 1.54) is 5.56 Å². The minimum Gasteiger partial charge on any atom is -0.493 e. The van der Waals surface area contributed by atoms with Crippen LogP contribution in [0, 0.1) is 0 Å². The number of benzene rings is 1. The first-order valence-electron chi connectivity index (χ1n) is 9.58. The Bertz CT molecular complexity index is 803. The highest BCUT2D eigenvalue weighted by molar-refractivity contribution is 5.64. The fraction of sp³-hybridized carbons (Fsp3) is 0.619. The van der Waals surface area contributed by atoms with Gasteiger partial charge in [-0.2, -0.15) is 0 Å². The Hall–Kier alpha value is -1.72. The first-order chi connectivity index (χ1) is 12.4. The number of likely N-dealkylation sites (N-methyl/N-ethyl adjacent to an activating group) is 1. The zero-order valence-electron chi connectivity index (χ0n) is 15.9. The third kappa shape index (κ3) is 1.73. The molecule has 1 saturated heterocycles. The van der Waals surface area contributed by atoms with Gasteiger partial charge in [0.2, 0.25) is 0 Å². The number of piperidine rings is 1. The number of nitrogens with zero attached hydrogens (tertiary/aromatic N) is 1. The Morgan fingerprint density at radius 2 is 2.15 bits per heavy atom. The highest BCUT2D eigenvalue weighted by Gasteiger charge is 2.71. The van der Waals surface area contributed by atoms with Gasteiger partial charge in [0.05, 0.1) is 24.2 Å². The molecule has 2 aliphatic carbocycles. The van der Waals surface area contributed by atoms with E-state index in [4.69, 9.17) is 14.2 Å². The molecular formula is C21H27NO4. The summed E-state index contributed by atoms with van der Waals surface area (Å²) in [5.41, 5.74) is 1.13. The third-order valence-corrected chi connectivity index (χ3v) is 6.93. The van der Waals surface area contributed by atoms with E-state index in [1.807, 2.05) is 19.9 Å². The molecular weight excluding hydrogens is 330 g/mol. The molecule has 5 heteroatoms. The van der Waals surface area contributed by atoms with E-state index in [1.54, 1.807) is 7.11 Å². The summed E-state index contributed by atoms with van der Waals surface area (Å²) in [6.45, 7) is 5.01. The summed E-state index contributed by atoms with van der Waals surface area (Å²) < 4.78 is 18.3. The van der Waals surface area contributed by atoms with Gasteiger partial charge in [0, 0.05) is 18.0 Å². The largest absolute Gasteiger partial charge is 0.493 e. The fourth-order valence-corrected chi connectivity index (χ4v) is 5.87. The zero-order chi connectivity index (χ0) is 18.3. The summed E-state index contributed by atoms with van der Waals surface area (Å²) in [5.74, 6) is 2.41. The highest BCUT2D eigenvalue weighted by Crippen LogP contribution is 2.65. The fourth-order valence-electron chi connectivity index (χ4n) is 5.87. The number of hydrogen-bond acceptors (Lipinski definition) is 5. The van der Waals surface area contributed by atoms with Crippen molar-refractivity contribution < 1.29 is 19.3 Å². The van der Waals surface area contributed by atoms with Crippen molar-refractivity contribution in [1.82, 2.24) is 4.90 Å². The van der Waals surface area contributed by atoms with Crippen molar-refractivity contribution in [2.24, 2.45) is 0 Å². The molecule has 1 spiro atoms. The molecule has 140 valence electrons. The van der Waals surface area contributed by atoms with Crippen LogP contribution in [0.4, 0.5) is 0 Å². The predicted octanol–water partition coefficient (Wildman–Crippen LogP) is 2.40. The summed E-state index contributed by atoms with van der Waals surface area (Å²) in [6, 6.07) is 4.23. The Labute approximate surface area is 154 Å². The van der Waals surface area contributed by atoms with Crippen molar-refractivity contribution in [2.45, 2.75) is 62.4 Å². The zero-order valence-corrected chi connectivity index (χ0v) is 15.9. The van der Waals surface area contributed by atoms with Crippen molar-refractivity contribution in [3.63, 3.8) is 0 Å². The van der Waals surface area contributed by atoms with E-state index in [0.717, 1.165) is 42.2 Å². The van der Waals surface area contributed by atoms with Crippen molar-refractivity contribution >= 4 is 0 Å². The van der Waals surface area contributed by atoms with E-state index < -0.39 is 11.0 Å². The topological polar surface area (TPSA) is 51.2 Å². The van der Waals surface area contributed by atoms with Gasteiger partial charge in [0.25, 0.3) is 0 Å². The smallest absolute Gasteiger partial charge is 0.168 e. The molecule has 26 heavy (non-hydrogen) atoms. The van der Waals surface area contributed by atoms with Gasteiger partial charge in [0.1, 0.15) is 5.76 Å². The van der Waals surface area contributed by atoms with Gasteiger partial charge in [-0.1, -0.05) is 6.07 Å². The maximum Gasteiger partial charge on any atom is 0.168 e. The van der Waals surface area contributed by atoms with Crippen LogP contribution < -0.4 is 9.47 Å². The van der Waals surface area contributed by atoms with Crippen molar-refractivity contribution in [3.05, 3.63) is 35.1 Å². The van der Waals surface area contributed by atoms with Crippen LogP contribution in [0.15, 0.2) is 24.0 Å². The van der Waals surface area contributed by atoms with Crippen LogP contribution in [0.5, 0.6) is 11.5 Å². The second-order valence-corrected chi connectivity index (χ2v) is 8.45. The molecule has 1 fully saturated rings. The standard InChI is InChI=1S/C21H27NO4/c1-12(2)25-15-7-8-21(23)16-11-13-5-6-14(24-4)18-17(13)20(21,19(15)26-18)9-10-22(16)3/h5-7,12,16,19,23H,8-11H2,1-4H3/t16-,19+,20+,21-/m1/s1. The van der Waals surface area contributed by atoms with Gasteiger partial charge >= 0.3 is 0 Å². The van der Waals surface area contributed by atoms with Gasteiger partial charge in [-0.3, -0.25) is 0 Å².